The van der Waals surface area contributed by atoms with Crippen LogP contribution in [0.5, 0.6) is 0 Å². The molecule has 1 aliphatic carbocycles. The summed E-state index contributed by atoms with van der Waals surface area (Å²) in [6.45, 7) is 0. The third-order valence-electron chi connectivity index (χ3n) is 2.26. The van der Waals surface area contributed by atoms with Gasteiger partial charge in [0.25, 0.3) is 0 Å². The fourth-order valence-corrected chi connectivity index (χ4v) is 3.34. The van der Waals surface area contributed by atoms with Crippen LogP contribution in [-0.4, -0.2) is 26.0 Å². The molecule has 1 rings (SSSR count). The summed E-state index contributed by atoms with van der Waals surface area (Å²) < 4.78 is 28.9. The second-order valence-corrected chi connectivity index (χ2v) is 6.27. The van der Waals surface area contributed by atoms with Gasteiger partial charge in [0.05, 0.1) is 11.5 Å². The molecule has 1 saturated carbocycles. The second kappa shape index (κ2) is 8.28. The van der Waals surface area contributed by atoms with Gasteiger partial charge in [-0.3, -0.25) is 5.04 Å². The molecule has 0 aromatic rings. The van der Waals surface area contributed by atoms with Gasteiger partial charge in [-0.1, -0.05) is 12.8 Å². The van der Waals surface area contributed by atoms with Crippen LogP contribution >= 0.6 is 12.0 Å². The summed E-state index contributed by atoms with van der Waals surface area (Å²) in [4.78, 5) is 0. The van der Waals surface area contributed by atoms with Crippen molar-refractivity contribution >= 4 is 22.1 Å². The first-order valence-corrected chi connectivity index (χ1v) is 7.32. The maximum Gasteiger partial charge on any atom is 1.00 e. The van der Waals surface area contributed by atoms with Crippen LogP contribution in [0, 0.1) is 0 Å². The van der Waals surface area contributed by atoms with Gasteiger partial charge < -0.3 is 5.26 Å². The zero-order valence-electron chi connectivity index (χ0n) is 9.34. The number of hydrogen-bond donors (Lipinski definition) is 1. The summed E-state index contributed by atoms with van der Waals surface area (Å²) in [5.74, 6) is 0. The first-order chi connectivity index (χ1) is 7.03. The van der Waals surface area contributed by atoms with E-state index in [0.717, 1.165) is 44.0 Å². The van der Waals surface area contributed by atoms with Crippen LogP contribution in [0.2, 0.25) is 0 Å². The first kappa shape index (κ1) is 17.1. The first-order valence-electron chi connectivity index (χ1n) is 4.62. The monoisotopic (exact) mass is 279 g/mol. The third kappa shape index (κ3) is 6.77. The van der Waals surface area contributed by atoms with Crippen molar-refractivity contribution < 1.29 is 52.6 Å². The number of rotatable bonds is 5. The Hall–Kier alpha value is 1.14. The molecule has 6 nitrogen and oxygen atoms in total. The normalized spacial score (nSPS) is 26.1. The summed E-state index contributed by atoms with van der Waals surface area (Å²) in [5, 5.41) is 12.9. The van der Waals surface area contributed by atoms with E-state index in [2.05, 4.69) is 14.1 Å². The summed E-state index contributed by atoms with van der Waals surface area (Å²) >= 11 is 0.884. The van der Waals surface area contributed by atoms with Gasteiger partial charge in [-0.25, -0.2) is 13.1 Å². The van der Waals surface area contributed by atoms with Gasteiger partial charge in [-0.15, -0.1) is 0 Å². The Morgan fingerprint density at radius 1 is 1.38 bits per heavy atom. The van der Waals surface area contributed by atoms with Gasteiger partial charge in [0.15, 0.2) is 0 Å². The third-order valence-corrected chi connectivity index (χ3v) is 3.94. The van der Waals surface area contributed by atoms with Gasteiger partial charge in [-0.2, -0.15) is 4.33 Å². The van der Waals surface area contributed by atoms with E-state index in [9.17, 15) is 13.7 Å². The molecule has 16 heavy (non-hydrogen) atoms. The summed E-state index contributed by atoms with van der Waals surface area (Å²) in [7, 11) is -3.22. The molecule has 0 aliphatic heterocycles. The van der Waals surface area contributed by atoms with Crippen molar-refractivity contribution in [2.45, 2.75) is 37.0 Å². The standard InChI is InChI=1S/C7H15NO5S2.Na/c1-15(10,11)8-6-4-2-3-5-7(6)14-13-12-9;/h6-9H,2-5H2,1H3;/q;+1/p-1. The molecule has 9 heteroatoms. The molecule has 90 valence electrons. The van der Waals surface area contributed by atoms with E-state index in [1.54, 1.807) is 0 Å². The molecule has 2 unspecified atom stereocenters. The predicted molar refractivity (Wildman–Crippen MR) is 53.8 cm³/mol. The fourth-order valence-electron chi connectivity index (χ4n) is 1.69. The van der Waals surface area contributed by atoms with Gasteiger partial charge in [0.1, 0.15) is 0 Å². The smallest absolute Gasteiger partial charge is 0.691 e. The molecular formula is C7H14NNaO5S2. The zero-order chi connectivity index (χ0) is 11.3. The van der Waals surface area contributed by atoms with Crippen molar-refractivity contribution in [2.75, 3.05) is 6.26 Å². The van der Waals surface area contributed by atoms with Crippen molar-refractivity contribution in [3.63, 3.8) is 0 Å². The molecule has 1 N–H and O–H groups in total. The van der Waals surface area contributed by atoms with Crippen LogP contribution in [0.25, 0.3) is 0 Å². The average molecular weight is 279 g/mol. The summed E-state index contributed by atoms with van der Waals surface area (Å²) in [5.41, 5.74) is 0. The minimum atomic E-state index is -3.22. The second-order valence-electron chi connectivity index (χ2n) is 3.55. The minimum absolute atomic E-state index is 0. The zero-order valence-corrected chi connectivity index (χ0v) is 13.0. The van der Waals surface area contributed by atoms with Gasteiger partial charge in [0.2, 0.25) is 10.0 Å². The van der Waals surface area contributed by atoms with Crippen molar-refractivity contribution in [1.82, 2.24) is 4.72 Å². The number of sulfonamides is 1. The molecule has 1 fully saturated rings. The van der Waals surface area contributed by atoms with Crippen molar-refractivity contribution in [3.8, 4) is 0 Å². The SMILES string of the molecule is CS(=O)(=O)NC1CCCCC1SOO[O-].[Na+]. The predicted octanol–water partition coefficient (Wildman–Crippen LogP) is -3.28. The van der Waals surface area contributed by atoms with E-state index in [1.807, 2.05) is 0 Å². The Bertz CT molecular complexity index is 287. The van der Waals surface area contributed by atoms with Crippen molar-refractivity contribution in [1.29, 1.82) is 0 Å². The molecule has 0 spiro atoms. The minimum Gasteiger partial charge on any atom is -0.691 e. The summed E-state index contributed by atoms with van der Waals surface area (Å²) in [6, 6.07) is -0.186. The Morgan fingerprint density at radius 2 is 2.00 bits per heavy atom. The quantitative estimate of drug-likeness (QED) is 0.246. The van der Waals surface area contributed by atoms with E-state index >= 15 is 0 Å². The van der Waals surface area contributed by atoms with E-state index < -0.39 is 10.0 Å². The van der Waals surface area contributed by atoms with Gasteiger partial charge >= 0.3 is 29.6 Å². The topological polar surface area (TPSA) is 87.7 Å². The van der Waals surface area contributed by atoms with Crippen LogP contribution in [0.1, 0.15) is 25.7 Å². The molecule has 0 heterocycles. The summed E-state index contributed by atoms with van der Waals surface area (Å²) in [6.07, 6.45) is 4.66. The fraction of sp³-hybridized carbons (Fsp3) is 1.00. The largest absolute Gasteiger partial charge is 1.00 e. The molecular weight excluding hydrogens is 265 g/mol. The molecule has 0 aromatic carbocycles. The Balaban J connectivity index is 0.00000225. The van der Waals surface area contributed by atoms with Crippen LogP contribution in [0.3, 0.4) is 0 Å². The van der Waals surface area contributed by atoms with E-state index in [0.29, 0.717) is 0 Å². The molecule has 2 atom stereocenters. The molecule has 0 aromatic heterocycles. The van der Waals surface area contributed by atoms with Crippen LogP contribution < -0.4 is 39.5 Å². The average Bonchev–Trinajstić information content (AvgIpc) is 2.14. The molecule has 0 radical (unpaired) electrons. The van der Waals surface area contributed by atoms with Crippen LogP contribution in [0.4, 0.5) is 0 Å². The van der Waals surface area contributed by atoms with Crippen molar-refractivity contribution in [2.24, 2.45) is 0 Å². The molecule has 0 amide bonds. The van der Waals surface area contributed by atoms with E-state index in [-0.39, 0.29) is 40.8 Å². The van der Waals surface area contributed by atoms with E-state index in [4.69, 9.17) is 0 Å². The molecule has 0 bridgehead atoms. The Labute approximate surface area is 122 Å². The van der Waals surface area contributed by atoms with Gasteiger partial charge in [-0.05, 0) is 12.8 Å². The van der Waals surface area contributed by atoms with Crippen molar-refractivity contribution in [3.05, 3.63) is 0 Å². The maximum absolute atomic E-state index is 11.1. The van der Waals surface area contributed by atoms with E-state index in [1.165, 1.54) is 0 Å². The Morgan fingerprint density at radius 3 is 2.56 bits per heavy atom. The number of hydrogen-bond acceptors (Lipinski definition) is 6. The number of nitrogens with one attached hydrogen (secondary N) is 1. The van der Waals surface area contributed by atoms with Crippen LogP contribution in [-0.2, 0) is 19.4 Å². The molecule has 0 saturated heterocycles. The Kier molecular flexibility index (Phi) is 8.87. The molecule has 1 aliphatic rings. The maximum atomic E-state index is 11.1. The van der Waals surface area contributed by atoms with Crippen LogP contribution in [0.15, 0.2) is 0 Å². The van der Waals surface area contributed by atoms with Gasteiger partial charge in [0, 0.05) is 18.1 Å².